The molecule has 0 aromatic carbocycles. The van der Waals surface area contributed by atoms with Gasteiger partial charge < -0.3 is 9.88 Å². The summed E-state index contributed by atoms with van der Waals surface area (Å²) in [4.78, 5) is 0. The predicted octanol–water partition coefficient (Wildman–Crippen LogP) is 1.90. The van der Waals surface area contributed by atoms with Gasteiger partial charge in [0.15, 0.2) is 0 Å². The monoisotopic (exact) mass is 191 g/mol. The second kappa shape index (κ2) is 6.22. The van der Waals surface area contributed by atoms with Crippen molar-refractivity contribution in [2.45, 2.75) is 32.9 Å². The minimum absolute atomic E-state index is 0.638. The van der Waals surface area contributed by atoms with Gasteiger partial charge in [0.2, 0.25) is 0 Å². The van der Waals surface area contributed by atoms with Crippen LogP contribution < -0.4 is 5.32 Å². The molecular formula is C11H17N3. The molecule has 14 heavy (non-hydrogen) atoms. The maximum atomic E-state index is 8.43. The van der Waals surface area contributed by atoms with E-state index in [-0.39, 0.29) is 0 Å². The highest BCUT2D eigenvalue weighted by Gasteiger charge is 1.98. The Kier molecular flexibility index (Phi) is 4.81. The summed E-state index contributed by atoms with van der Waals surface area (Å²) in [6.45, 7) is 4.95. The second-order valence-electron chi connectivity index (χ2n) is 3.23. The third kappa shape index (κ3) is 3.23. The fourth-order valence-electron chi connectivity index (χ4n) is 1.41. The maximum Gasteiger partial charge on any atom is 0.0622 e. The molecule has 0 radical (unpaired) electrons. The zero-order valence-electron chi connectivity index (χ0n) is 8.66. The summed E-state index contributed by atoms with van der Waals surface area (Å²) >= 11 is 0. The molecule has 0 bridgehead atoms. The standard InChI is InChI=1S/C11H17N3/c1-2-13-10-11-6-5-9-14(11)8-4-3-7-12/h5-6,9,13H,2-4,8,10H2,1H3. The van der Waals surface area contributed by atoms with E-state index in [9.17, 15) is 0 Å². The average Bonchev–Trinajstić information content (AvgIpc) is 2.63. The SMILES string of the molecule is CCNCc1cccn1CCCC#N. The van der Waals surface area contributed by atoms with Crippen molar-refractivity contribution in [3.63, 3.8) is 0 Å². The van der Waals surface area contributed by atoms with E-state index in [2.05, 4.69) is 41.2 Å². The molecule has 0 unspecified atom stereocenters. The van der Waals surface area contributed by atoms with E-state index in [4.69, 9.17) is 5.26 Å². The quantitative estimate of drug-likeness (QED) is 0.698. The van der Waals surface area contributed by atoms with E-state index in [0.717, 1.165) is 26.1 Å². The van der Waals surface area contributed by atoms with Gasteiger partial charge in [-0.25, -0.2) is 0 Å². The van der Waals surface area contributed by atoms with Gasteiger partial charge in [0, 0.05) is 31.4 Å². The molecule has 76 valence electrons. The van der Waals surface area contributed by atoms with Crippen LogP contribution in [0.3, 0.4) is 0 Å². The van der Waals surface area contributed by atoms with Crippen molar-refractivity contribution < 1.29 is 0 Å². The van der Waals surface area contributed by atoms with Gasteiger partial charge in [0.25, 0.3) is 0 Å². The molecule has 0 atom stereocenters. The van der Waals surface area contributed by atoms with Crippen molar-refractivity contribution in [2.24, 2.45) is 0 Å². The average molecular weight is 191 g/mol. The summed E-state index contributed by atoms with van der Waals surface area (Å²) in [6, 6.07) is 6.34. The Balaban J connectivity index is 2.42. The molecule has 0 aliphatic carbocycles. The highest BCUT2D eigenvalue weighted by Crippen LogP contribution is 2.04. The number of nitrogens with zero attached hydrogens (tertiary/aromatic N) is 2. The molecule has 1 heterocycles. The Morgan fingerprint density at radius 3 is 3.14 bits per heavy atom. The molecule has 0 saturated carbocycles. The van der Waals surface area contributed by atoms with Crippen molar-refractivity contribution in [1.29, 1.82) is 5.26 Å². The summed E-state index contributed by atoms with van der Waals surface area (Å²) in [7, 11) is 0. The predicted molar refractivity (Wildman–Crippen MR) is 56.7 cm³/mol. The van der Waals surface area contributed by atoms with E-state index < -0.39 is 0 Å². The lowest BCUT2D eigenvalue weighted by Gasteiger charge is -2.08. The van der Waals surface area contributed by atoms with Crippen molar-refractivity contribution in [1.82, 2.24) is 9.88 Å². The number of nitriles is 1. The Bertz CT molecular complexity index is 296. The van der Waals surface area contributed by atoms with Gasteiger partial charge in [-0.3, -0.25) is 0 Å². The van der Waals surface area contributed by atoms with Crippen LogP contribution in [0.25, 0.3) is 0 Å². The van der Waals surface area contributed by atoms with Crippen LogP contribution in [0.4, 0.5) is 0 Å². The third-order valence-electron chi connectivity index (χ3n) is 2.17. The zero-order valence-corrected chi connectivity index (χ0v) is 8.66. The first-order chi connectivity index (χ1) is 6.88. The highest BCUT2D eigenvalue weighted by molar-refractivity contribution is 5.06. The van der Waals surface area contributed by atoms with E-state index >= 15 is 0 Å². The van der Waals surface area contributed by atoms with Gasteiger partial charge in [-0.15, -0.1) is 0 Å². The molecular weight excluding hydrogens is 174 g/mol. The summed E-state index contributed by atoms with van der Waals surface area (Å²) in [5.74, 6) is 0. The molecule has 3 nitrogen and oxygen atoms in total. The first-order valence-corrected chi connectivity index (χ1v) is 5.10. The highest BCUT2D eigenvalue weighted by atomic mass is 15.0. The third-order valence-corrected chi connectivity index (χ3v) is 2.17. The second-order valence-corrected chi connectivity index (χ2v) is 3.23. The van der Waals surface area contributed by atoms with Gasteiger partial charge in [0.1, 0.15) is 0 Å². The number of aromatic nitrogens is 1. The lowest BCUT2D eigenvalue weighted by molar-refractivity contribution is 0.599. The first-order valence-electron chi connectivity index (χ1n) is 5.10. The molecule has 1 aromatic rings. The molecule has 0 saturated heterocycles. The van der Waals surface area contributed by atoms with E-state index in [1.807, 2.05) is 0 Å². The molecule has 0 fully saturated rings. The van der Waals surface area contributed by atoms with Crippen molar-refractivity contribution in [3.8, 4) is 6.07 Å². The van der Waals surface area contributed by atoms with Crippen LogP contribution in [0.5, 0.6) is 0 Å². The van der Waals surface area contributed by atoms with Gasteiger partial charge in [-0.05, 0) is 25.1 Å². The summed E-state index contributed by atoms with van der Waals surface area (Å²) < 4.78 is 2.21. The minimum atomic E-state index is 0.638. The Morgan fingerprint density at radius 2 is 2.43 bits per heavy atom. The van der Waals surface area contributed by atoms with Gasteiger partial charge in [-0.1, -0.05) is 6.92 Å². The molecule has 1 rings (SSSR count). The van der Waals surface area contributed by atoms with Crippen LogP contribution in [0.15, 0.2) is 18.3 Å². The van der Waals surface area contributed by atoms with Crippen LogP contribution in [-0.2, 0) is 13.1 Å². The summed E-state index contributed by atoms with van der Waals surface area (Å²) in [5.41, 5.74) is 1.30. The number of hydrogen-bond acceptors (Lipinski definition) is 2. The van der Waals surface area contributed by atoms with Crippen LogP contribution >= 0.6 is 0 Å². The lowest BCUT2D eigenvalue weighted by Crippen LogP contribution is -2.15. The molecule has 1 N–H and O–H groups in total. The Morgan fingerprint density at radius 1 is 1.57 bits per heavy atom. The van der Waals surface area contributed by atoms with Crippen molar-refractivity contribution in [2.75, 3.05) is 6.54 Å². The number of unbranched alkanes of at least 4 members (excludes halogenated alkanes) is 1. The zero-order chi connectivity index (χ0) is 10.2. The van der Waals surface area contributed by atoms with Crippen LogP contribution in [0, 0.1) is 11.3 Å². The fraction of sp³-hybridized carbons (Fsp3) is 0.545. The van der Waals surface area contributed by atoms with E-state index in [0.29, 0.717) is 6.42 Å². The summed E-state index contributed by atoms with van der Waals surface area (Å²) in [6.07, 6.45) is 3.65. The van der Waals surface area contributed by atoms with Gasteiger partial charge in [0.05, 0.1) is 6.07 Å². The Labute approximate surface area is 85.3 Å². The number of nitrogens with one attached hydrogen (secondary N) is 1. The molecule has 1 aromatic heterocycles. The summed E-state index contributed by atoms with van der Waals surface area (Å²) in [5, 5.41) is 11.7. The van der Waals surface area contributed by atoms with E-state index in [1.165, 1.54) is 5.69 Å². The molecule has 3 heteroatoms. The smallest absolute Gasteiger partial charge is 0.0622 e. The van der Waals surface area contributed by atoms with Crippen LogP contribution in [0.2, 0.25) is 0 Å². The number of hydrogen-bond donors (Lipinski definition) is 1. The first kappa shape index (κ1) is 10.8. The molecule has 0 amide bonds. The van der Waals surface area contributed by atoms with Crippen LogP contribution in [0.1, 0.15) is 25.5 Å². The number of aryl methyl sites for hydroxylation is 1. The largest absolute Gasteiger partial charge is 0.350 e. The Hall–Kier alpha value is -1.27. The normalized spacial score (nSPS) is 10.0. The number of rotatable bonds is 6. The van der Waals surface area contributed by atoms with E-state index in [1.54, 1.807) is 0 Å². The van der Waals surface area contributed by atoms with Crippen molar-refractivity contribution >= 4 is 0 Å². The molecule has 0 aliphatic rings. The maximum absolute atomic E-state index is 8.43. The minimum Gasteiger partial charge on any atom is -0.350 e. The van der Waals surface area contributed by atoms with Gasteiger partial charge >= 0.3 is 0 Å². The molecule has 0 spiro atoms. The van der Waals surface area contributed by atoms with Gasteiger partial charge in [-0.2, -0.15) is 5.26 Å². The van der Waals surface area contributed by atoms with Crippen molar-refractivity contribution in [3.05, 3.63) is 24.0 Å². The van der Waals surface area contributed by atoms with Crippen LogP contribution in [-0.4, -0.2) is 11.1 Å². The fourth-order valence-corrected chi connectivity index (χ4v) is 1.41. The lowest BCUT2D eigenvalue weighted by atomic mass is 10.3. The topological polar surface area (TPSA) is 40.8 Å². The molecule has 0 aliphatic heterocycles.